The molecule has 2 aliphatic rings. The summed E-state index contributed by atoms with van der Waals surface area (Å²) >= 11 is 1.52. The Kier molecular flexibility index (Phi) is 8.69. The molecule has 222 valence electrons. The second-order valence-corrected chi connectivity index (χ2v) is 11.6. The second kappa shape index (κ2) is 13.1. The summed E-state index contributed by atoms with van der Waals surface area (Å²) in [5.41, 5.74) is 3.78. The number of hydrogen-bond acceptors (Lipinski definition) is 8. The van der Waals surface area contributed by atoms with Crippen LogP contribution in [0.2, 0.25) is 0 Å². The monoisotopic (exact) mass is 605 g/mol. The van der Waals surface area contributed by atoms with E-state index in [0.717, 1.165) is 10.5 Å². The first kappa shape index (κ1) is 29.1. The van der Waals surface area contributed by atoms with Gasteiger partial charge in [0.1, 0.15) is 24.6 Å². The molecule has 2 amide bonds. The first-order valence-electron chi connectivity index (χ1n) is 14.3. The zero-order chi connectivity index (χ0) is 30.5. The lowest BCUT2D eigenvalue weighted by Crippen LogP contribution is -2.21. The predicted molar refractivity (Wildman–Crippen MR) is 173 cm³/mol. The fourth-order valence-corrected chi connectivity index (χ4v) is 5.65. The molecule has 2 N–H and O–H groups in total. The number of carbonyl (C=O) groups is 2. The third-order valence-corrected chi connectivity index (χ3v) is 7.97. The molecule has 0 fully saturated rings. The number of nitrogens with one attached hydrogen (secondary N) is 2. The number of aromatic nitrogens is 1. The molecule has 3 aromatic carbocycles. The Morgan fingerprint density at radius 1 is 0.727 bits per heavy atom. The quantitative estimate of drug-likeness (QED) is 0.219. The van der Waals surface area contributed by atoms with E-state index in [0.29, 0.717) is 53.3 Å². The Morgan fingerprint density at radius 3 is 1.68 bits per heavy atom. The van der Waals surface area contributed by atoms with Crippen LogP contribution in [0.4, 0.5) is 11.4 Å². The first-order valence-corrected chi connectivity index (χ1v) is 15.3. The van der Waals surface area contributed by atoms with Crippen LogP contribution in [-0.4, -0.2) is 53.9 Å². The molecule has 9 nitrogen and oxygen atoms in total. The van der Waals surface area contributed by atoms with Crippen LogP contribution in [0.1, 0.15) is 51.5 Å². The molecule has 0 radical (unpaired) electrons. The topological polar surface area (TPSA) is 114 Å². The number of benzene rings is 3. The van der Waals surface area contributed by atoms with E-state index in [1.54, 1.807) is 24.3 Å². The van der Waals surface area contributed by atoms with Crippen molar-refractivity contribution in [2.75, 3.05) is 23.8 Å². The van der Waals surface area contributed by atoms with Gasteiger partial charge in [-0.1, -0.05) is 54.6 Å². The Bertz CT molecular complexity index is 1650. The predicted octanol–water partition coefficient (Wildman–Crippen LogP) is 6.21. The van der Waals surface area contributed by atoms with E-state index in [4.69, 9.17) is 9.47 Å². The number of para-hydroxylation sites is 2. The molecule has 4 aromatic rings. The summed E-state index contributed by atoms with van der Waals surface area (Å²) in [6, 6.07) is 28.1. The summed E-state index contributed by atoms with van der Waals surface area (Å²) in [6.07, 6.45) is 0. The Balaban J connectivity index is 1.29. The lowest BCUT2D eigenvalue weighted by molar-refractivity contribution is 0.101. The molecule has 1 aromatic heterocycles. The minimum Gasteiger partial charge on any atom is -0.475 e. The highest BCUT2D eigenvalue weighted by atomic mass is 32.2. The highest BCUT2D eigenvalue weighted by Crippen LogP contribution is 2.27. The largest absolute Gasteiger partial charge is 0.475 e. The number of amides is 2. The van der Waals surface area contributed by atoms with Crippen LogP contribution in [-0.2, 0) is 15.2 Å². The molecule has 0 spiro atoms. The van der Waals surface area contributed by atoms with Gasteiger partial charge in [0.15, 0.2) is 0 Å². The fraction of sp³-hybridized carbons (Fsp3) is 0.206. The van der Waals surface area contributed by atoms with Gasteiger partial charge in [-0.25, -0.2) is 15.0 Å². The first-order chi connectivity index (χ1) is 21.4. The van der Waals surface area contributed by atoms with Gasteiger partial charge >= 0.3 is 0 Å². The van der Waals surface area contributed by atoms with Crippen LogP contribution in [0.25, 0.3) is 0 Å². The molecule has 0 unspecified atom stereocenters. The molecular formula is C34H31N5O4S. The number of anilines is 2. The highest BCUT2D eigenvalue weighted by molar-refractivity contribution is 7.98. The van der Waals surface area contributed by atoms with Gasteiger partial charge in [-0.05, 0) is 55.8 Å². The van der Waals surface area contributed by atoms with Gasteiger partial charge in [0.2, 0.25) is 11.8 Å². The number of ether oxygens (including phenoxy) is 2. The zero-order valence-electron chi connectivity index (χ0n) is 24.3. The molecule has 0 bridgehead atoms. The molecule has 3 heterocycles. The van der Waals surface area contributed by atoms with Gasteiger partial charge in [-0.3, -0.25) is 9.59 Å². The van der Waals surface area contributed by atoms with Crippen molar-refractivity contribution in [2.45, 2.75) is 36.6 Å². The molecule has 2 atom stereocenters. The van der Waals surface area contributed by atoms with E-state index in [1.165, 1.54) is 11.8 Å². The summed E-state index contributed by atoms with van der Waals surface area (Å²) in [5.74, 6) is 0.713. The maximum absolute atomic E-state index is 13.6. The number of aliphatic imine (C=N–C) groups is 2. The van der Waals surface area contributed by atoms with Crippen LogP contribution >= 0.6 is 11.8 Å². The van der Waals surface area contributed by atoms with Crippen molar-refractivity contribution in [3.63, 3.8) is 0 Å². The van der Waals surface area contributed by atoms with Crippen molar-refractivity contribution in [3.05, 3.63) is 119 Å². The van der Waals surface area contributed by atoms with Gasteiger partial charge in [-0.2, -0.15) is 0 Å². The smallest absolute Gasteiger partial charge is 0.274 e. The fourth-order valence-electron chi connectivity index (χ4n) is 4.74. The minimum absolute atomic E-state index is 0.0376. The van der Waals surface area contributed by atoms with Gasteiger partial charge < -0.3 is 20.1 Å². The van der Waals surface area contributed by atoms with Crippen molar-refractivity contribution in [2.24, 2.45) is 9.98 Å². The molecule has 0 saturated carbocycles. The lowest BCUT2D eigenvalue weighted by Gasteiger charge is -2.13. The molecule has 0 saturated heterocycles. The molecule has 10 heteroatoms. The number of pyridine rings is 1. The van der Waals surface area contributed by atoms with Gasteiger partial charge in [0.05, 0.1) is 34.6 Å². The number of thioether (sulfide) groups is 1. The lowest BCUT2D eigenvalue weighted by atomic mass is 10.1. The average Bonchev–Trinajstić information content (AvgIpc) is 3.68. The number of hydrogen-bond donors (Lipinski definition) is 2. The molecule has 6 rings (SSSR count). The Morgan fingerprint density at radius 2 is 1.20 bits per heavy atom. The van der Waals surface area contributed by atoms with Gasteiger partial charge in [0.25, 0.3) is 11.8 Å². The van der Waals surface area contributed by atoms with Gasteiger partial charge in [0, 0.05) is 10.6 Å². The average molecular weight is 606 g/mol. The zero-order valence-corrected chi connectivity index (χ0v) is 25.1. The van der Waals surface area contributed by atoms with E-state index in [9.17, 15) is 9.59 Å². The van der Waals surface area contributed by atoms with Crippen molar-refractivity contribution in [3.8, 4) is 0 Å². The number of nitrogens with zero attached hydrogens (tertiary/aromatic N) is 3. The van der Waals surface area contributed by atoms with Crippen LogP contribution in [0.15, 0.2) is 106 Å². The van der Waals surface area contributed by atoms with Crippen LogP contribution < -0.4 is 10.6 Å². The van der Waals surface area contributed by atoms with E-state index in [2.05, 4.69) is 25.6 Å². The van der Waals surface area contributed by atoms with E-state index >= 15 is 0 Å². The molecule has 2 aliphatic heterocycles. The standard InChI is InChI=1S/C34H31N5O4S/c1-21-18-42-33(35-21)25-12-6-8-14-27(25)38-31(40)29-16-24(44-20-23-10-4-3-5-11-23)17-30(37-29)32(41)39-28-15-9-7-13-26(28)34-36-22(2)19-43-34/h3-17,21-22H,18-20H2,1-2H3,(H,38,40)(H,39,41)/t21-,22-/m0/s1. The Labute approximate surface area is 259 Å². The van der Waals surface area contributed by atoms with Crippen LogP contribution in [0.5, 0.6) is 0 Å². The number of rotatable bonds is 9. The third-order valence-electron chi connectivity index (χ3n) is 6.92. The SMILES string of the molecule is C[C@H]1COC(c2ccccc2NC(=O)c2cc(SCc3ccccc3)cc(C(=O)Nc3ccccc3C3=N[C@@H](C)CO3)n2)=N1. The maximum atomic E-state index is 13.6. The summed E-state index contributed by atoms with van der Waals surface area (Å²) in [6.45, 7) is 4.91. The second-order valence-electron chi connectivity index (χ2n) is 10.5. The molecule has 0 aliphatic carbocycles. The highest BCUT2D eigenvalue weighted by Gasteiger charge is 2.23. The maximum Gasteiger partial charge on any atom is 0.274 e. The molecular weight excluding hydrogens is 574 g/mol. The summed E-state index contributed by atoms with van der Waals surface area (Å²) < 4.78 is 11.5. The van der Waals surface area contributed by atoms with Crippen molar-refractivity contribution in [1.29, 1.82) is 0 Å². The summed E-state index contributed by atoms with van der Waals surface area (Å²) in [5, 5.41) is 5.90. The van der Waals surface area contributed by atoms with E-state index in [-0.39, 0.29) is 23.5 Å². The van der Waals surface area contributed by atoms with Crippen molar-refractivity contribution < 1.29 is 19.1 Å². The summed E-state index contributed by atoms with van der Waals surface area (Å²) in [7, 11) is 0. The minimum atomic E-state index is -0.455. The number of carbonyl (C=O) groups excluding carboxylic acids is 2. The Hall–Kier alpha value is -4.96. The summed E-state index contributed by atoms with van der Waals surface area (Å²) in [4.78, 5) is 41.6. The van der Waals surface area contributed by atoms with Crippen molar-refractivity contribution >= 4 is 46.7 Å². The third kappa shape index (κ3) is 6.81. The van der Waals surface area contributed by atoms with Crippen LogP contribution in [0, 0.1) is 0 Å². The normalized spacial score (nSPS) is 17.2. The van der Waals surface area contributed by atoms with Gasteiger partial charge in [-0.15, -0.1) is 11.8 Å². The van der Waals surface area contributed by atoms with E-state index < -0.39 is 11.8 Å². The van der Waals surface area contributed by atoms with Crippen LogP contribution in [0.3, 0.4) is 0 Å². The van der Waals surface area contributed by atoms with E-state index in [1.807, 2.05) is 80.6 Å². The molecule has 44 heavy (non-hydrogen) atoms. The van der Waals surface area contributed by atoms with Crippen molar-refractivity contribution in [1.82, 2.24) is 4.98 Å².